The Balaban J connectivity index is 2.66. The Labute approximate surface area is 98.6 Å². The van der Waals surface area contributed by atoms with E-state index in [0.717, 1.165) is 10.2 Å². The molecule has 1 N–H and O–H groups in total. The van der Waals surface area contributed by atoms with Crippen LogP contribution in [-0.4, -0.2) is 30.9 Å². The highest BCUT2D eigenvalue weighted by Gasteiger charge is 2.13. The van der Waals surface area contributed by atoms with Crippen LogP contribution >= 0.6 is 15.9 Å². The van der Waals surface area contributed by atoms with Gasteiger partial charge in [-0.05, 0) is 25.1 Å². The van der Waals surface area contributed by atoms with Gasteiger partial charge < -0.3 is 10.2 Å². The van der Waals surface area contributed by atoms with E-state index in [-0.39, 0.29) is 11.9 Å². The van der Waals surface area contributed by atoms with Crippen LogP contribution in [0.1, 0.15) is 6.92 Å². The fourth-order valence-corrected chi connectivity index (χ4v) is 1.68. The van der Waals surface area contributed by atoms with Gasteiger partial charge in [0.1, 0.15) is 6.04 Å². The number of carbonyl (C=O) groups excluding carboxylic acids is 1. The fraction of sp³-hybridized carbons (Fsp3) is 0.364. The van der Waals surface area contributed by atoms with Gasteiger partial charge in [-0.1, -0.05) is 22.0 Å². The van der Waals surface area contributed by atoms with Gasteiger partial charge in [0, 0.05) is 24.3 Å². The molecule has 1 aromatic carbocycles. The molecule has 0 radical (unpaired) electrons. The molecule has 15 heavy (non-hydrogen) atoms. The molecule has 1 atom stereocenters. The van der Waals surface area contributed by atoms with E-state index in [9.17, 15) is 4.79 Å². The van der Waals surface area contributed by atoms with Gasteiger partial charge in [0.15, 0.2) is 0 Å². The fourth-order valence-electron chi connectivity index (χ4n) is 1.28. The molecular weight excluding hydrogens is 256 g/mol. The van der Waals surface area contributed by atoms with E-state index in [1.54, 1.807) is 19.0 Å². The number of anilines is 1. The molecule has 0 saturated heterocycles. The molecule has 0 saturated carbocycles. The Morgan fingerprint density at radius 2 is 2.13 bits per heavy atom. The standard InChI is InChI=1S/C11H15BrN2O/c1-8(11(15)14(2)3)13-10-6-4-5-9(12)7-10/h4-8,13H,1-3H3. The minimum absolute atomic E-state index is 0.0648. The number of nitrogens with one attached hydrogen (secondary N) is 1. The van der Waals surface area contributed by atoms with E-state index in [1.165, 1.54) is 0 Å². The van der Waals surface area contributed by atoms with Crippen molar-refractivity contribution in [1.82, 2.24) is 4.90 Å². The zero-order valence-corrected chi connectivity index (χ0v) is 10.7. The summed E-state index contributed by atoms with van der Waals surface area (Å²) in [5.41, 5.74) is 0.937. The molecule has 0 heterocycles. The molecule has 1 rings (SSSR count). The summed E-state index contributed by atoms with van der Waals surface area (Å²) < 4.78 is 0.997. The minimum Gasteiger partial charge on any atom is -0.374 e. The largest absolute Gasteiger partial charge is 0.374 e. The number of hydrogen-bond acceptors (Lipinski definition) is 2. The van der Waals surface area contributed by atoms with Crippen LogP contribution in [-0.2, 0) is 4.79 Å². The Kier molecular flexibility index (Phi) is 4.15. The first-order valence-electron chi connectivity index (χ1n) is 4.74. The number of amides is 1. The van der Waals surface area contributed by atoms with E-state index in [2.05, 4.69) is 21.2 Å². The summed E-state index contributed by atoms with van der Waals surface area (Å²) in [5.74, 6) is 0.0648. The maximum atomic E-state index is 11.6. The lowest BCUT2D eigenvalue weighted by Gasteiger charge is -2.18. The van der Waals surface area contributed by atoms with Gasteiger partial charge in [0.05, 0.1) is 0 Å². The molecule has 1 amide bonds. The van der Waals surface area contributed by atoms with Gasteiger partial charge in [-0.25, -0.2) is 0 Å². The van der Waals surface area contributed by atoms with Crippen molar-refractivity contribution in [3.8, 4) is 0 Å². The third kappa shape index (κ3) is 3.55. The molecule has 4 heteroatoms. The van der Waals surface area contributed by atoms with Crippen molar-refractivity contribution in [1.29, 1.82) is 0 Å². The van der Waals surface area contributed by atoms with Crippen LogP contribution in [0.15, 0.2) is 28.7 Å². The quantitative estimate of drug-likeness (QED) is 0.915. The van der Waals surface area contributed by atoms with Crippen LogP contribution in [0.3, 0.4) is 0 Å². The van der Waals surface area contributed by atoms with Crippen LogP contribution in [0.5, 0.6) is 0 Å². The molecular formula is C11H15BrN2O. The zero-order valence-electron chi connectivity index (χ0n) is 9.12. The van der Waals surface area contributed by atoms with E-state index < -0.39 is 0 Å². The first-order valence-corrected chi connectivity index (χ1v) is 5.53. The molecule has 3 nitrogen and oxygen atoms in total. The maximum absolute atomic E-state index is 11.6. The Hall–Kier alpha value is -1.03. The molecule has 1 aromatic rings. The normalized spacial score (nSPS) is 12.0. The monoisotopic (exact) mass is 270 g/mol. The topological polar surface area (TPSA) is 32.3 Å². The van der Waals surface area contributed by atoms with Gasteiger partial charge in [-0.3, -0.25) is 4.79 Å². The zero-order chi connectivity index (χ0) is 11.4. The summed E-state index contributed by atoms with van der Waals surface area (Å²) in [6.45, 7) is 1.85. The number of halogens is 1. The van der Waals surface area contributed by atoms with Crippen molar-refractivity contribution in [2.75, 3.05) is 19.4 Å². The van der Waals surface area contributed by atoms with Crippen LogP contribution < -0.4 is 5.32 Å². The second kappa shape index (κ2) is 5.16. The maximum Gasteiger partial charge on any atom is 0.244 e. The molecule has 0 spiro atoms. The minimum atomic E-state index is -0.214. The Morgan fingerprint density at radius 3 is 2.67 bits per heavy atom. The van der Waals surface area contributed by atoms with Crippen LogP contribution in [0.4, 0.5) is 5.69 Å². The highest BCUT2D eigenvalue weighted by molar-refractivity contribution is 9.10. The first-order chi connectivity index (χ1) is 7.00. The molecule has 82 valence electrons. The SMILES string of the molecule is CC(Nc1cccc(Br)c1)C(=O)N(C)C. The van der Waals surface area contributed by atoms with Gasteiger partial charge in [0.2, 0.25) is 5.91 Å². The van der Waals surface area contributed by atoms with Crippen molar-refractivity contribution >= 4 is 27.5 Å². The smallest absolute Gasteiger partial charge is 0.244 e. The highest BCUT2D eigenvalue weighted by atomic mass is 79.9. The van der Waals surface area contributed by atoms with E-state index in [0.29, 0.717) is 0 Å². The Bertz CT molecular complexity index is 352. The number of nitrogens with zero attached hydrogens (tertiary/aromatic N) is 1. The van der Waals surface area contributed by atoms with Crippen molar-refractivity contribution in [2.45, 2.75) is 13.0 Å². The summed E-state index contributed by atoms with van der Waals surface area (Å²) in [4.78, 5) is 13.2. The van der Waals surface area contributed by atoms with Gasteiger partial charge in [0.25, 0.3) is 0 Å². The summed E-state index contributed by atoms with van der Waals surface area (Å²) in [7, 11) is 3.50. The predicted octanol–water partition coefficient (Wildman–Crippen LogP) is 2.34. The number of benzene rings is 1. The average molecular weight is 271 g/mol. The van der Waals surface area contributed by atoms with Crippen molar-refractivity contribution < 1.29 is 4.79 Å². The van der Waals surface area contributed by atoms with E-state index in [4.69, 9.17) is 0 Å². The number of likely N-dealkylation sites (N-methyl/N-ethyl adjacent to an activating group) is 1. The number of carbonyl (C=O) groups is 1. The molecule has 0 aromatic heterocycles. The molecule has 0 aliphatic heterocycles. The summed E-state index contributed by atoms with van der Waals surface area (Å²) in [5, 5.41) is 3.14. The third-order valence-corrected chi connectivity index (χ3v) is 2.51. The van der Waals surface area contributed by atoms with Crippen molar-refractivity contribution in [3.63, 3.8) is 0 Å². The molecule has 0 bridgehead atoms. The van der Waals surface area contributed by atoms with E-state index >= 15 is 0 Å². The first kappa shape index (κ1) is 12.0. The number of rotatable bonds is 3. The molecule has 1 unspecified atom stereocenters. The summed E-state index contributed by atoms with van der Waals surface area (Å²) in [6.07, 6.45) is 0. The lowest BCUT2D eigenvalue weighted by molar-refractivity contribution is -0.129. The van der Waals surface area contributed by atoms with Gasteiger partial charge in [-0.2, -0.15) is 0 Å². The lowest BCUT2D eigenvalue weighted by atomic mass is 10.2. The highest BCUT2D eigenvalue weighted by Crippen LogP contribution is 2.16. The number of hydrogen-bond donors (Lipinski definition) is 1. The summed E-state index contributed by atoms with van der Waals surface area (Å²) >= 11 is 3.38. The van der Waals surface area contributed by atoms with Gasteiger partial charge in [-0.15, -0.1) is 0 Å². The second-order valence-electron chi connectivity index (χ2n) is 3.61. The molecule has 0 aliphatic rings. The predicted molar refractivity (Wildman–Crippen MR) is 65.9 cm³/mol. The summed E-state index contributed by atoms with van der Waals surface area (Å²) in [6, 6.07) is 7.54. The third-order valence-electron chi connectivity index (χ3n) is 2.02. The van der Waals surface area contributed by atoms with Crippen LogP contribution in [0.2, 0.25) is 0 Å². The van der Waals surface area contributed by atoms with Crippen LogP contribution in [0.25, 0.3) is 0 Å². The van der Waals surface area contributed by atoms with Gasteiger partial charge >= 0.3 is 0 Å². The second-order valence-corrected chi connectivity index (χ2v) is 4.52. The van der Waals surface area contributed by atoms with Crippen LogP contribution in [0, 0.1) is 0 Å². The molecule has 0 fully saturated rings. The van der Waals surface area contributed by atoms with Crippen molar-refractivity contribution in [2.24, 2.45) is 0 Å². The molecule has 0 aliphatic carbocycles. The lowest BCUT2D eigenvalue weighted by Crippen LogP contribution is -2.36. The van der Waals surface area contributed by atoms with Crippen molar-refractivity contribution in [3.05, 3.63) is 28.7 Å². The van der Waals surface area contributed by atoms with E-state index in [1.807, 2.05) is 31.2 Å². The Morgan fingerprint density at radius 1 is 1.47 bits per heavy atom. The average Bonchev–Trinajstić information content (AvgIpc) is 2.16.